The SMILES string of the molecule is Cc1c(Cl)ncnc1NCc1ccccc1O. The number of hydrogen-bond acceptors (Lipinski definition) is 4. The molecule has 17 heavy (non-hydrogen) atoms. The maximum absolute atomic E-state index is 9.61. The fourth-order valence-corrected chi connectivity index (χ4v) is 1.58. The molecule has 0 aliphatic heterocycles. The molecule has 2 aromatic rings. The Morgan fingerprint density at radius 3 is 2.82 bits per heavy atom. The van der Waals surface area contributed by atoms with Gasteiger partial charge >= 0.3 is 0 Å². The molecular formula is C12H12ClN3O. The largest absolute Gasteiger partial charge is 0.508 e. The van der Waals surface area contributed by atoms with Gasteiger partial charge in [-0.05, 0) is 13.0 Å². The van der Waals surface area contributed by atoms with Gasteiger partial charge in [-0.1, -0.05) is 29.8 Å². The maximum Gasteiger partial charge on any atom is 0.137 e. The molecule has 0 radical (unpaired) electrons. The van der Waals surface area contributed by atoms with Crippen molar-refractivity contribution in [2.45, 2.75) is 13.5 Å². The van der Waals surface area contributed by atoms with E-state index < -0.39 is 0 Å². The minimum Gasteiger partial charge on any atom is -0.508 e. The summed E-state index contributed by atoms with van der Waals surface area (Å²) in [4.78, 5) is 7.97. The predicted molar refractivity (Wildman–Crippen MR) is 67.2 cm³/mol. The van der Waals surface area contributed by atoms with Crippen molar-refractivity contribution in [2.75, 3.05) is 5.32 Å². The Morgan fingerprint density at radius 1 is 1.29 bits per heavy atom. The zero-order chi connectivity index (χ0) is 12.3. The molecule has 0 aliphatic rings. The van der Waals surface area contributed by atoms with E-state index in [1.54, 1.807) is 12.1 Å². The highest BCUT2D eigenvalue weighted by molar-refractivity contribution is 6.30. The van der Waals surface area contributed by atoms with E-state index in [9.17, 15) is 5.11 Å². The zero-order valence-corrected chi connectivity index (χ0v) is 10.1. The number of halogens is 1. The molecule has 2 N–H and O–H groups in total. The van der Waals surface area contributed by atoms with E-state index in [1.807, 2.05) is 19.1 Å². The Labute approximate surface area is 104 Å². The lowest BCUT2D eigenvalue weighted by molar-refractivity contribution is 0.469. The Balaban J connectivity index is 2.13. The monoisotopic (exact) mass is 249 g/mol. The Hall–Kier alpha value is -1.81. The van der Waals surface area contributed by atoms with Crippen molar-refractivity contribution in [3.63, 3.8) is 0 Å². The number of nitrogens with one attached hydrogen (secondary N) is 1. The van der Waals surface area contributed by atoms with Crippen LogP contribution in [0.4, 0.5) is 5.82 Å². The summed E-state index contributed by atoms with van der Waals surface area (Å²) in [5.41, 5.74) is 1.60. The van der Waals surface area contributed by atoms with Gasteiger partial charge in [0.1, 0.15) is 23.0 Å². The molecule has 1 heterocycles. The van der Waals surface area contributed by atoms with E-state index in [-0.39, 0.29) is 5.75 Å². The number of rotatable bonds is 3. The van der Waals surface area contributed by atoms with E-state index in [0.29, 0.717) is 17.5 Å². The van der Waals surface area contributed by atoms with Crippen molar-refractivity contribution < 1.29 is 5.11 Å². The number of anilines is 1. The van der Waals surface area contributed by atoms with E-state index in [4.69, 9.17) is 11.6 Å². The summed E-state index contributed by atoms with van der Waals surface area (Å²) >= 11 is 5.89. The number of benzene rings is 1. The van der Waals surface area contributed by atoms with Crippen LogP contribution in [-0.2, 0) is 6.54 Å². The molecule has 0 aliphatic carbocycles. The molecule has 0 bridgehead atoms. The lowest BCUT2D eigenvalue weighted by Gasteiger charge is -2.09. The van der Waals surface area contributed by atoms with Crippen molar-refractivity contribution in [1.29, 1.82) is 0 Å². The molecule has 0 atom stereocenters. The second-order valence-corrected chi connectivity index (χ2v) is 3.98. The fraction of sp³-hybridized carbons (Fsp3) is 0.167. The van der Waals surface area contributed by atoms with Crippen LogP contribution in [0.2, 0.25) is 5.15 Å². The summed E-state index contributed by atoms with van der Waals surface area (Å²) in [7, 11) is 0. The van der Waals surface area contributed by atoms with Crippen LogP contribution in [0.1, 0.15) is 11.1 Å². The Morgan fingerprint density at radius 2 is 2.06 bits per heavy atom. The molecule has 0 unspecified atom stereocenters. The van der Waals surface area contributed by atoms with Gasteiger partial charge in [0.2, 0.25) is 0 Å². The third-order valence-electron chi connectivity index (χ3n) is 2.46. The second kappa shape index (κ2) is 5.01. The minimum atomic E-state index is 0.262. The smallest absolute Gasteiger partial charge is 0.137 e. The average molecular weight is 250 g/mol. The fourth-order valence-electron chi connectivity index (χ4n) is 1.45. The molecule has 5 heteroatoms. The Kier molecular flexibility index (Phi) is 3.44. The lowest BCUT2D eigenvalue weighted by Crippen LogP contribution is -2.04. The number of hydrogen-bond donors (Lipinski definition) is 2. The van der Waals surface area contributed by atoms with Crippen molar-refractivity contribution in [2.24, 2.45) is 0 Å². The summed E-state index contributed by atoms with van der Waals surface area (Å²) in [5, 5.41) is 13.2. The van der Waals surface area contributed by atoms with Gasteiger partial charge in [0.25, 0.3) is 0 Å². The van der Waals surface area contributed by atoms with Crippen LogP contribution >= 0.6 is 11.6 Å². The number of phenols is 1. The molecule has 2 rings (SSSR count). The zero-order valence-electron chi connectivity index (χ0n) is 9.31. The maximum atomic E-state index is 9.61. The van der Waals surface area contributed by atoms with Crippen molar-refractivity contribution in [3.8, 4) is 5.75 Å². The number of aromatic nitrogens is 2. The van der Waals surface area contributed by atoms with Gasteiger partial charge in [-0.2, -0.15) is 0 Å². The van der Waals surface area contributed by atoms with E-state index in [0.717, 1.165) is 11.1 Å². The summed E-state index contributed by atoms with van der Waals surface area (Å²) in [6.45, 7) is 2.33. The van der Waals surface area contributed by atoms with Gasteiger partial charge in [-0.3, -0.25) is 0 Å². The van der Waals surface area contributed by atoms with Crippen molar-refractivity contribution in [3.05, 3.63) is 46.9 Å². The number of nitrogens with zero attached hydrogens (tertiary/aromatic N) is 2. The first-order chi connectivity index (χ1) is 8.18. The van der Waals surface area contributed by atoms with Gasteiger partial charge in [-0.25, -0.2) is 9.97 Å². The van der Waals surface area contributed by atoms with E-state index >= 15 is 0 Å². The number of aromatic hydroxyl groups is 1. The molecule has 88 valence electrons. The van der Waals surface area contributed by atoms with Crippen molar-refractivity contribution >= 4 is 17.4 Å². The van der Waals surface area contributed by atoms with Crippen molar-refractivity contribution in [1.82, 2.24) is 9.97 Å². The van der Waals surface area contributed by atoms with Crippen LogP contribution in [0, 0.1) is 6.92 Å². The van der Waals surface area contributed by atoms with Crippen LogP contribution in [-0.4, -0.2) is 15.1 Å². The van der Waals surface area contributed by atoms with Gasteiger partial charge in [-0.15, -0.1) is 0 Å². The predicted octanol–water partition coefficient (Wildman–Crippen LogP) is 2.76. The molecule has 4 nitrogen and oxygen atoms in total. The second-order valence-electron chi connectivity index (χ2n) is 3.62. The first-order valence-corrected chi connectivity index (χ1v) is 5.54. The van der Waals surface area contributed by atoms with Gasteiger partial charge in [0.05, 0.1) is 0 Å². The van der Waals surface area contributed by atoms with Gasteiger partial charge < -0.3 is 10.4 Å². The third kappa shape index (κ3) is 2.65. The Bertz CT molecular complexity index is 531. The summed E-state index contributed by atoms with van der Waals surface area (Å²) in [6.07, 6.45) is 1.41. The topological polar surface area (TPSA) is 58.0 Å². The molecule has 0 fully saturated rings. The standard InChI is InChI=1S/C12H12ClN3O/c1-8-11(13)15-7-16-12(8)14-6-9-4-2-3-5-10(9)17/h2-5,7,17H,6H2,1H3,(H,14,15,16). The first kappa shape index (κ1) is 11.7. The summed E-state index contributed by atoms with van der Waals surface area (Å²) in [6, 6.07) is 7.15. The molecule has 0 saturated carbocycles. The van der Waals surface area contributed by atoms with Gasteiger partial charge in [0, 0.05) is 17.7 Å². The van der Waals surface area contributed by atoms with Crippen LogP contribution in [0.25, 0.3) is 0 Å². The lowest BCUT2D eigenvalue weighted by atomic mass is 10.2. The quantitative estimate of drug-likeness (QED) is 0.822. The molecular weight excluding hydrogens is 238 g/mol. The minimum absolute atomic E-state index is 0.262. The van der Waals surface area contributed by atoms with Crippen LogP contribution < -0.4 is 5.32 Å². The number of phenolic OH excluding ortho intramolecular Hbond substituents is 1. The van der Waals surface area contributed by atoms with E-state index in [2.05, 4.69) is 15.3 Å². The molecule has 1 aromatic carbocycles. The van der Waals surface area contributed by atoms with Gasteiger partial charge in [0.15, 0.2) is 0 Å². The normalized spacial score (nSPS) is 10.2. The third-order valence-corrected chi connectivity index (χ3v) is 2.84. The van der Waals surface area contributed by atoms with Crippen LogP contribution in [0.15, 0.2) is 30.6 Å². The highest BCUT2D eigenvalue weighted by atomic mass is 35.5. The molecule has 0 saturated heterocycles. The van der Waals surface area contributed by atoms with Crippen LogP contribution in [0.5, 0.6) is 5.75 Å². The molecule has 0 amide bonds. The summed E-state index contributed by atoms with van der Waals surface area (Å²) in [5.74, 6) is 0.936. The van der Waals surface area contributed by atoms with Crippen LogP contribution in [0.3, 0.4) is 0 Å². The average Bonchev–Trinajstić information content (AvgIpc) is 2.33. The highest BCUT2D eigenvalue weighted by Gasteiger charge is 2.05. The molecule has 1 aromatic heterocycles. The molecule has 0 spiro atoms. The number of para-hydroxylation sites is 1. The highest BCUT2D eigenvalue weighted by Crippen LogP contribution is 2.20. The van der Waals surface area contributed by atoms with E-state index in [1.165, 1.54) is 6.33 Å². The first-order valence-electron chi connectivity index (χ1n) is 5.16. The summed E-state index contributed by atoms with van der Waals surface area (Å²) < 4.78 is 0.